The van der Waals surface area contributed by atoms with Gasteiger partial charge in [0.25, 0.3) is 5.91 Å². The first-order chi connectivity index (χ1) is 13.7. The van der Waals surface area contributed by atoms with E-state index in [9.17, 15) is 4.79 Å². The number of aromatic nitrogens is 2. The quantitative estimate of drug-likeness (QED) is 0.859. The van der Waals surface area contributed by atoms with Gasteiger partial charge in [-0.05, 0) is 43.1 Å². The molecule has 0 spiro atoms. The first-order valence-corrected chi connectivity index (χ1v) is 10.6. The number of nitrogens with two attached hydrogens (primary N) is 1. The third-order valence-electron chi connectivity index (χ3n) is 6.94. The highest BCUT2D eigenvalue weighted by atomic mass is 16.2. The number of hydrogen-bond acceptors (Lipinski definition) is 4. The zero-order chi connectivity index (χ0) is 19.1. The van der Waals surface area contributed by atoms with Crippen molar-refractivity contribution in [2.24, 2.45) is 11.8 Å². The van der Waals surface area contributed by atoms with Gasteiger partial charge in [0.2, 0.25) is 0 Å². The van der Waals surface area contributed by atoms with Gasteiger partial charge in [0.05, 0.1) is 0 Å². The van der Waals surface area contributed by atoms with E-state index in [2.05, 4.69) is 45.4 Å². The SMILES string of the molecule is Nc1cc(C(=O)N2C[C@@H]3C[C@H](C2)[C@@H]2CCC[C@H](Cc4ccccc4)N2C3)[nH]n1. The normalized spacial score (nSPS) is 30.1. The Hall–Kier alpha value is -2.34. The fourth-order valence-electron chi connectivity index (χ4n) is 5.80. The van der Waals surface area contributed by atoms with Crippen molar-refractivity contribution in [2.45, 2.75) is 44.2 Å². The van der Waals surface area contributed by atoms with Crippen molar-refractivity contribution in [3.8, 4) is 0 Å². The summed E-state index contributed by atoms with van der Waals surface area (Å²) in [5, 5.41) is 6.70. The Bertz CT molecular complexity index is 834. The van der Waals surface area contributed by atoms with E-state index < -0.39 is 0 Å². The molecule has 5 rings (SSSR count). The number of hydrogen-bond donors (Lipinski definition) is 2. The maximum atomic E-state index is 12.9. The molecule has 1 aromatic carbocycles. The molecule has 28 heavy (non-hydrogen) atoms. The van der Waals surface area contributed by atoms with E-state index in [0.29, 0.717) is 35.4 Å². The van der Waals surface area contributed by atoms with Gasteiger partial charge in [0, 0.05) is 37.8 Å². The second-order valence-corrected chi connectivity index (χ2v) is 8.82. The van der Waals surface area contributed by atoms with E-state index in [1.807, 2.05) is 4.90 Å². The number of amides is 1. The Morgan fingerprint density at radius 1 is 1.18 bits per heavy atom. The predicted molar refractivity (Wildman–Crippen MR) is 109 cm³/mol. The van der Waals surface area contributed by atoms with Crippen LogP contribution >= 0.6 is 0 Å². The summed E-state index contributed by atoms with van der Waals surface area (Å²) in [6.07, 6.45) is 6.26. The number of H-pyrrole nitrogens is 1. The molecule has 0 radical (unpaired) electrons. The smallest absolute Gasteiger partial charge is 0.271 e. The molecular weight excluding hydrogens is 350 g/mol. The third-order valence-corrected chi connectivity index (χ3v) is 6.94. The lowest BCUT2D eigenvalue weighted by atomic mass is 9.74. The fourth-order valence-corrected chi connectivity index (χ4v) is 5.80. The summed E-state index contributed by atoms with van der Waals surface area (Å²) in [5.74, 6) is 1.57. The van der Waals surface area contributed by atoms with Crippen LogP contribution in [0.4, 0.5) is 5.82 Å². The van der Waals surface area contributed by atoms with Gasteiger partial charge in [0.15, 0.2) is 0 Å². The van der Waals surface area contributed by atoms with Crippen molar-refractivity contribution in [2.75, 3.05) is 25.4 Å². The second-order valence-electron chi connectivity index (χ2n) is 8.82. The molecule has 0 unspecified atom stereocenters. The number of likely N-dealkylation sites (tertiary alicyclic amines) is 1. The number of benzene rings is 1. The summed E-state index contributed by atoms with van der Waals surface area (Å²) in [5.41, 5.74) is 7.64. The number of carbonyl (C=O) groups excluding carboxylic acids is 1. The molecule has 6 heteroatoms. The maximum Gasteiger partial charge on any atom is 0.271 e. The van der Waals surface area contributed by atoms with Gasteiger partial charge in [-0.1, -0.05) is 36.8 Å². The largest absolute Gasteiger partial charge is 0.382 e. The minimum atomic E-state index is 0.0454. The molecule has 3 aliphatic heterocycles. The number of nitrogens with zero attached hydrogens (tertiary/aromatic N) is 3. The standard InChI is InChI=1S/C22H29N5O/c23-21-11-19(24-25-21)22(28)26-12-16-9-17(14-26)20-8-4-7-18(27(20)13-16)10-15-5-2-1-3-6-15/h1-3,5-6,11,16-18,20H,4,7-10,12-14H2,(H3,23,24,25)/t16-,17+,18+,20-/m0/s1. The van der Waals surface area contributed by atoms with Gasteiger partial charge in [0.1, 0.15) is 11.5 Å². The molecule has 0 aliphatic carbocycles. The molecule has 2 aromatic rings. The van der Waals surface area contributed by atoms with Gasteiger partial charge in [-0.2, -0.15) is 5.10 Å². The molecule has 4 atom stereocenters. The number of aromatic amines is 1. The van der Waals surface area contributed by atoms with Crippen molar-refractivity contribution < 1.29 is 4.79 Å². The third kappa shape index (κ3) is 3.30. The lowest BCUT2D eigenvalue weighted by molar-refractivity contribution is -0.0499. The van der Waals surface area contributed by atoms with Crippen LogP contribution in [0.5, 0.6) is 0 Å². The van der Waals surface area contributed by atoms with E-state index in [4.69, 9.17) is 5.73 Å². The summed E-state index contributed by atoms with van der Waals surface area (Å²) in [6.45, 7) is 2.82. The number of anilines is 1. The average molecular weight is 380 g/mol. The van der Waals surface area contributed by atoms with Gasteiger partial charge in [-0.15, -0.1) is 0 Å². The summed E-state index contributed by atoms with van der Waals surface area (Å²) in [7, 11) is 0. The molecule has 3 N–H and O–H groups in total. The van der Waals surface area contributed by atoms with Crippen LogP contribution < -0.4 is 5.73 Å². The lowest BCUT2D eigenvalue weighted by Crippen LogP contribution is -2.62. The van der Waals surface area contributed by atoms with Crippen LogP contribution in [0.1, 0.15) is 41.7 Å². The number of fused-ring (bicyclic) bond motifs is 4. The van der Waals surface area contributed by atoms with Gasteiger partial charge in [-0.3, -0.25) is 14.8 Å². The van der Waals surface area contributed by atoms with Crippen molar-refractivity contribution in [3.05, 3.63) is 47.7 Å². The molecule has 0 saturated carbocycles. The van der Waals surface area contributed by atoms with Crippen LogP contribution in [0.15, 0.2) is 36.4 Å². The number of carbonyl (C=O) groups is 1. The average Bonchev–Trinajstić information content (AvgIpc) is 3.15. The highest BCUT2D eigenvalue weighted by molar-refractivity contribution is 5.93. The number of nitrogens with one attached hydrogen (secondary N) is 1. The number of piperidine rings is 3. The zero-order valence-corrected chi connectivity index (χ0v) is 16.3. The second kappa shape index (κ2) is 7.24. The van der Waals surface area contributed by atoms with Crippen molar-refractivity contribution in [1.29, 1.82) is 0 Å². The molecule has 1 aromatic heterocycles. The summed E-state index contributed by atoms with van der Waals surface area (Å²) >= 11 is 0. The number of nitrogen functional groups attached to an aromatic ring is 1. The predicted octanol–water partition coefficient (Wildman–Crippen LogP) is 2.55. The van der Waals surface area contributed by atoms with Gasteiger partial charge in [-0.25, -0.2) is 0 Å². The Morgan fingerprint density at radius 2 is 2.04 bits per heavy atom. The molecule has 2 bridgehead atoms. The highest BCUT2D eigenvalue weighted by Gasteiger charge is 2.45. The maximum absolute atomic E-state index is 12.9. The molecule has 3 aliphatic rings. The summed E-state index contributed by atoms with van der Waals surface area (Å²) in [6, 6.07) is 13.8. The summed E-state index contributed by atoms with van der Waals surface area (Å²) in [4.78, 5) is 17.7. The minimum absolute atomic E-state index is 0.0454. The molecule has 4 heterocycles. The molecular formula is C22H29N5O. The van der Waals surface area contributed by atoms with E-state index in [-0.39, 0.29) is 5.91 Å². The molecule has 6 nitrogen and oxygen atoms in total. The first-order valence-electron chi connectivity index (χ1n) is 10.6. The first kappa shape index (κ1) is 17.7. The van der Waals surface area contributed by atoms with Crippen LogP contribution in [-0.4, -0.2) is 57.6 Å². The number of rotatable bonds is 3. The van der Waals surface area contributed by atoms with E-state index in [0.717, 1.165) is 26.1 Å². The molecule has 3 fully saturated rings. The van der Waals surface area contributed by atoms with Gasteiger partial charge < -0.3 is 10.6 Å². The Morgan fingerprint density at radius 3 is 2.82 bits per heavy atom. The van der Waals surface area contributed by atoms with Crippen LogP contribution in [0.25, 0.3) is 0 Å². The fraction of sp³-hybridized carbons (Fsp3) is 0.545. The van der Waals surface area contributed by atoms with Crippen LogP contribution in [0.3, 0.4) is 0 Å². The lowest BCUT2D eigenvalue weighted by Gasteiger charge is -2.55. The highest BCUT2D eigenvalue weighted by Crippen LogP contribution is 2.40. The zero-order valence-electron chi connectivity index (χ0n) is 16.3. The summed E-state index contributed by atoms with van der Waals surface area (Å²) < 4.78 is 0. The van der Waals surface area contributed by atoms with E-state index in [1.165, 1.54) is 31.2 Å². The topological polar surface area (TPSA) is 78.3 Å². The van der Waals surface area contributed by atoms with Gasteiger partial charge >= 0.3 is 0 Å². The Labute approximate surface area is 166 Å². The van der Waals surface area contributed by atoms with Crippen molar-refractivity contribution in [1.82, 2.24) is 20.0 Å². The van der Waals surface area contributed by atoms with E-state index in [1.54, 1.807) is 6.07 Å². The van der Waals surface area contributed by atoms with Crippen molar-refractivity contribution >= 4 is 11.7 Å². The van der Waals surface area contributed by atoms with Crippen LogP contribution in [-0.2, 0) is 6.42 Å². The van der Waals surface area contributed by atoms with E-state index >= 15 is 0 Å². The Kier molecular flexibility index (Phi) is 4.59. The van der Waals surface area contributed by atoms with Crippen LogP contribution in [0, 0.1) is 11.8 Å². The monoisotopic (exact) mass is 379 g/mol. The molecule has 3 saturated heterocycles. The molecule has 1 amide bonds. The Balaban J connectivity index is 1.31. The minimum Gasteiger partial charge on any atom is -0.382 e. The molecule has 148 valence electrons. The van der Waals surface area contributed by atoms with Crippen LogP contribution in [0.2, 0.25) is 0 Å². The van der Waals surface area contributed by atoms with Crippen molar-refractivity contribution in [3.63, 3.8) is 0 Å².